The fourth-order valence-corrected chi connectivity index (χ4v) is 2.25. The summed E-state index contributed by atoms with van der Waals surface area (Å²) in [4.78, 5) is 11.3. The molecule has 20 heavy (non-hydrogen) atoms. The summed E-state index contributed by atoms with van der Waals surface area (Å²) in [5, 5.41) is 0. The van der Waals surface area contributed by atoms with E-state index in [2.05, 4.69) is 21.9 Å². The Morgan fingerprint density at radius 1 is 1.10 bits per heavy atom. The normalized spacial score (nSPS) is 13.0. The number of benzene rings is 2. The largest absolute Gasteiger partial charge is 0.421 e. The topological polar surface area (TPSA) is 52.3 Å². The van der Waals surface area contributed by atoms with Crippen LogP contribution in [0, 0.1) is 12.3 Å². The summed E-state index contributed by atoms with van der Waals surface area (Å²) >= 11 is 3.36. The van der Waals surface area contributed by atoms with E-state index in [1.807, 2.05) is 30.3 Å². The number of ether oxygens (including phenoxy) is 1. The lowest BCUT2D eigenvalue weighted by atomic mass is 9.87. The Bertz CT molecular complexity index is 646. The molecule has 1 amide bonds. The smallest absolute Gasteiger partial charge is 0.406 e. The molecule has 0 aliphatic rings. The van der Waals surface area contributed by atoms with Gasteiger partial charge in [0.15, 0.2) is 0 Å². The van der Waals surface area contributed by atoms with Crippen LogP contribution in [0.1, 0.15) is 11.1 Å². The van der Waals surface area contributed by atoms with Crippen LogP contribution in [-0.4, -0.2) is 6.09 Å². The van der Waals surface area contributed by atoms with E-state index in [9.17, 15) is 4.79 Å². The monoisotopic (exact) mass is 329 g/mol. The van der Waals surface area contributed by atoms with Crippen LogP contribution in [0.25, 0.3) is 0 Å². The van der Waals surface area contributed by atoms with Crippen molar-refractivity contribution in [2.45, 2.75) is 5.60 Å². The highest BCUT2D eigenvalue weighted by molar-refractivity contribution is 9.10. The van der Waals surface area contributed by atoms with Crippen LogP contribution in [0.2, 0.25) is 0 Å². The molecule has 4 heteroatoms. The molecule has 0 radical (unpaired) electrons. The van der Waals surface area contributed by atoms with Crippen molar-refractivity contribution in [1.29, 1.82) is 0 Å². The fraction of sp³-hybridized carbons (Fsp3) is 0.0625. The standard InChI is InChI=1S/C16H12BrNO2/c1-2-16(20-15(18)19,12-6-4-3-5-7-12)13-8-10-14(17)11-9-13/h1,3-11H,(H2,18,19). The van der Waals surface area contributed by atoms with Gasteiger partial charge >= 0.3 is 6.09 Å². The highest BCUT2D eigenvalue weighted by Gasteiger charge is 2.36. The third-order valence-corrected chi connectivity index (χ3v) is 3.42. The molecule has 1 unspecified atom stereocenters. The van der Waals surface area contributed by atoms with Crippen LogP contribution in [0.3, 0.4) is 0 Å². The second kappa shape index (κ2) is 5.81. The third-order valence-electron chi connectivity index (χ3n) is 2.89. The molecule has 0 saturated heterocycles. The van der Waals surface area contributed by atoms with E-state index in [1.165, 1.54) is 0 Å². The number of hydrogen-bond donors (Lipinski definition) is 1. The number of rotatable bonds is 3. The summed E-state index contributed by atoms with van der Waals surface area (Å²) in [6.45, 7) is 0. The van der Waals surface area contributed by atoms with Crippen molar-refractivity contribution in [3.8, 4) is 12.3 Å². The van der Waals surface area contributed by atoms with Gasteiger partial charge in [-0.05, 0) is 18.1 Å². The Morgan fingerprint density at radius 3 is 2.15 bits per heavy atom. The molecule has 2 aromatic rings. The fourth-order valence-electron chi connectivity index (χ4n) is 1.99. The molecule has 0 aliphatic carbocycles. The Balaban J connectivity index is 2.63. The summed E-state index contributed by atoms with van der Waals surface area (Å²) in [5.74, 6) is 2.56. The van der Waals surface area contributed by atoms with Crippen molar-refractivity contribution in [2.75, 3.05) is 0 Å². The van der Waals surface area contributed by atoms with Gasteiger partial charge in [-0.15, -0.1) is 6.42 Å². The molecule has 2 N–H and O–H groups in total. The van der Waals surface area contributed by atoms with Crippen LogP contribution < -0.4 is 5.73 Å². The molecule has 0 heterocycles. The van der Waals surface area contributed by atoms with E-state index in [0.29, 0.717) is 11.1 Å². The minimum Gasteiger partial charge on any atom is -0.421 e. The van der Waals surface area contributed by atoms with E-state index in [0.717, 1.165) is 4.47 Å². The van der Waals surface area contributed by atoms with E-state index >= 15 is 0 Å². The van der Waals surface area contributed by atoms with Gasteiger partial charge in [0.1, 0.15) is 0 Å². The lowest BCUT2D eigenvalue weighted by Gasteiger charge is -2.28. The Hall–Kier alpha value is -2.25. The number of carbonyl (C=O) groups is 1. The molecule has 1 atom stereocenters. The second-order valence-corrected chi connectivity index (χ2v) is 5.04. The number of carbonyl (C=O) groups excluding carboxylic acids is 1. The number of amides is 1. The van der Waals surface area contributed by atoms with Gasteiger partial charge < -0.3 is 10.5 Å². The first kappa shape index (κ1) is 14.2. The average molecular weight is 330 g/mol. The van der Waals surface area contributed by atoms with Gasteiger partial charge in [0.05, 0.1) is 0 Å². The van der Waals surface area contributed by atoms with Gasteiger partial charge in [-0.1, -0.05) is 58.4 Å². The average Bonchev–Trinajstić information content (AvgIpc) is 2.46. The summed E-state index contributed by atoms with van der Waals surface area (Å²) in [6.07, 6.45) is 4.74. The maximum atomic E-state index is 11.3. The van der Waals surface area contributed by atoms with Crippen LogP contribution in [-0.2, 0) is 10.3 Å². The molecule has 0 aromatic heterocycles. The minimum absolute atomic E-state index is 0.660. The first-order chi connectivity index (χ1) is 9.58. The maximum absolute atomic E-state index is 11.3. The summed E-state index contributed by atoms with van der Waals surface area (Å²) < 4.78 is 6.19. The number of halogens is 1. The Morgan fingerprint density at radius 2 is 1.65 bits per heavy atom. The maximum Gasteiger partial charge on any atom is 0.406 e. The molecular weight excluding hydrogens is 318 g/mol. The molecule has 0 bridgehead atoms. The van der Waals surface area contributed by atoms with Crippen LogP contribution in [0.4, 0.5) is 4.79 Å². The molecule has 0 saturated carbocycles. The number of terminal acetylenes is 1. The third kappa shape index (κ3) is 2.68. The lowest BCUT2D eigenvalue weighted by Crippen LogP contribution is -2.34. The van der Waals surface area contributed by atoms with E-state index in [1.54, 1.807) is 24.3 Å². The van der Waals surface area contributed by atoms with E-state index < -0.39 is 11.7 Å². The zero-order chi connectivity index (χ0) is 14.6. The highest BCUT2D eigenvalue weighted by Crippen LogP contribution is 2.33. The molecule has 0 fully saturated rings. The van der Waals surface area contributed by atoms with Crippen LogP contribution in [0.5, 0.6) is 0 Å². The van der Waals surface area contributed by atoms with Gasteiger partial charge in [0, 0.05) is 15.6 Å². The zero-order valence-electron chi connectivity index (χ0n) is 10.5. The van der Waals surface area contributed by atoms with Crippen LogP contribution >= 0.6 is 15.9 Å². The van der Waals surface area contributed by atoms with Gasteiger partial charge in [0.25, 0.3) is 0 Å². The lowest BCUT2D eigenvalue weighted by molar-refractivity contribution is 0.0866. The summed E-state index contributed by atoms with van der Waals surface area (Å²) in [6, 6.07) is 16.3. The molecular formula is C16H12BrNO2. The number of hydrogen-bond acceptors (Lipinski definition) is 2. The minimum atomic E-state index is -1.33. The quantitative estimate of drug-likeness (QED) is 0.877. The highest BCUT2D eigenvalue weighted by atomic mass is 79.9. The Labute approximate surface area is 125 Å². The van der Waals surface area contributed by atoms with Crippen LogP contribution in [0.15, 0.2) is 59.1 Å². The van der Waals surface area contributed by atoms with Gasteiger partial charge in [0.2, 0.25) is 5.60 Å². The van der Waals surface area contributed by atoms with Crippen molar-refractivity contribution in [2.24, 2.45) is 5.73 Å². The molecule has 2 aromatic carbocycles. The summed E-state index contributed by atoms with van der Waals surface area (Å²) in [5.41, 5.74) is 5.20. The van der Waals surface area contributed by atoms with Gasteiger partial charge in [-0.3, -0.25) is 0 Å². The van der Waals surface area contributed by atoms with Crippen molar-refractivity contribution in [3.63, 3.8) is 0 Å². The molecule has 3 nitrogen and oxygen atoms in total. The van der Waals surface area contributed by atoms with Gasteiger partial charge in [-0.2, -0.15) is 0 Å². The first-order valence-electron chi connectivity index (χ1n) is 5.86. The molecule has 100 valence electrons. The van der Waals surface area contributed by atoms with Crippen molar-refractivity contribution >= 4 is 22.0 Å². The molecule has 2 rings (SSSR count). The van der Waals surface area contributed by atoms with Gasteiger partial charge in [-0.25, -0.2) is 4.79 Å². The zero-order valence-corrected chi connectivity index (χ0v) is 12.1. The van der Waals surface area contributed by atoms with Crippen molar-refractivity contribution in [1.82, 2.24) is 0 Å². The predicted molar refractivity (Wildman–Crippen MR) is 80.9 cm³/mol. The van der Waals surface area contributed by atoms with E-state index in [4.69, 9.17) is 16.9 Å². The SMILES string of the molecule is C#CC(OC(N)=O)(c1ccccc1)c1ccc(Br)cc1. The summed E-state index contributed by atoms with van der Waals surface area (Å²) in [7, 11) is 0. The predicted octanol–water partition coefficient (Wildman–Crippen LogP) is 3.42. The second-order valence-electron chi connectivity index (χ2n) is 4.12. The van der Waals surface area contributed by atoms with Crippen molar-refractivity contribution < 1.29 is 9.53 Å². The first-order valence-corrected chi connectivity index (χ1v) is 6.65. The number of primary amides is 1. The Kier molecular flexibility index (Phi) is 4.11. The molecule has 0 spiro atoms. The van der Waals surface area contributed by atoms with E-state index in [-0.39, 0.29) is 0 Å². The number of nitrogens with two attached hydrogens (primary N) is 1. The van der Waals surface area contributed by atoms with Crippen molar-refractivity contribution in [3.05, 3.63) is 70.2 Å². The molecule has 0 aliphatic heterocycles.